The van der Waals surface area contributed by atoms with Crippen molar-refractivity contribution in [2.45, 2.75) is 0 Å². The van der Waals surface area contributed by atoms with Crippen LogP contribution in [0.3, 0.4) is 0 Å². The highest BCUT2D eigenvalue weighted by Crippen LogP contribution is 2.25. The Kier molecular flexibility index (Phi) is 2.53. The zero-order valence-electron chi connectivity index (χ0n) is 9.46. The average Bonchev–Trinajstić information content (AvgIpc) is 3.10. The Bertz CT molecular complexity index is 720. The molecule has 0 bridgehead atoms. The third-order valence-electron chi connectivity index (χ3n) is 2.52. The lowest BCUT2D eigenvalue weighted by Crippen LogP contribution is -1.98. The van der Waals surface area contributed by atoms with Gasteiger partial charge in [0.15, 0.2) is 5.76 Å². The molecule has 2 heterocycles. The number of hydrogen-bond donors (Lipinski definition) is 1. The molecule has 0 radical (unpaired) electrons. The molecular weight excluding hydrogens is 250 g/mol. The van der Waals surface area contributed by atoms with Gasteiger partial charge in [-0.3, -0.25) is 0 Å². The van der Waals surface area contributed by atoms with Crippen LogP contribution in [-0.4, -0.2) is 36.4 Å². The summed E-state index contributed by atoms with van der Waals surface area (Å²) < 4.78 is 6.45. The van der Waals surface area contributed by atoms with E-state index in [9.17, 15) is 4.79 Å². The number of hydrogen-bond acceptors (Lipinski definition) is 6. The second-order valence-electron chi connectivity index (χ2n) is 3.68. The first-order valence-corrected chi connectivity index (χ1v) is 5.27. The van der Waals surface area contributed by atoms with Gasteiger partial charge in [-0.2, -0.15) is 0 Å². The number of carboxylic acid groups (broad SMARTS) is 1. The predicted octanol–water partition coefficient (Wildman–Crippen LogP) is 1.02. The number of nitrogens with zero attached hydrogens (tertiary/aromatic N) is 5. The van der Waals surface area contributed by atoms with Crippen molar-refractivity contribution in [2.75, 3.05) is 0 Å². The minimum Gasteiger partial charge on any atom is -0.477 e. The molecule has 8 nitrogen and oxygen atoms in total. The summed E-state index contributed by atoms with van der Waals surface area (Å²) >= 11 is 0. The molecule has 0 atom stereocenters. The SMILES string of the molecule is O=C(O)c1cnoc1-c1cccc(-n2cnnn2)c1. The van der Waals surface area contributed by atoms with E-state index in [4.69, 9.17) is 9.63 Å². The molecule has 2 aromatic heterocycles. The molecule has 0 saturated carbocycles. The van der Waals surface area contributed by atoms with E-state index < -0.39 is 5.97 Å². The van der Waals surface area contributed by atoms with Crippen molar-refractivity contribution in [3.8, 4) is 17.0 Å². The van der Waals surface area contributed by atoms with Crippen LogP contribution < -0.4 is 0 Å². The molecule has 0 saturated heterocycles. The van der Waals surface area contributed by atoms with Gasteiger partial charge in [-0.15, -0.1) is 5.10 Å². The van der Waals surface area contributed by atoms with Gasteiger partial charge in [0, 0.05) is 5.56 Å². The number of benzene rings is 1. The summed E-state index contributed by atoms with van der Waals surface area (Å²) in [5.74, 6) is -0.897. The fourth-order valence-corrected chi connectivity index (χ4v) is 1.67. The molecule has 0 unspecified atom stereocenters. The van der Waals surface area contributed by atoms with E-state index in [1.54, 1.807) is 24.3 Å². The third-order valence-corrected chi connectivity index (χ3v) is 2.52. The second kappa shape index (κ2) is 4.33. The van der Waals surface area contributed by atoms with Crippen LogP contribution in [0.5, 0.6) is 0 Å². The van der Waals surface area contributed by atoms with Crippen LogP contribution in [0.15, 0.2) is 41.3 Å². The first-order valence-electron chi connectivity index (χ1n) is 5.27. The number of aromatic carboxylic acids is 1. The molecule has 94 valence electrons. The van der Waals surface area contributed by atoms with Crippen LogP contribution in [0.1, 0.15) is 10.4 Å². The van der Waals surface area contributed by atoms with Crippen molar-refractivity contribution in [3.63, 3.8) is 0 Å². The maximum absolute atomic E-state index is 11.0. The Morgan fingerprint density at radius 1 is 1.37 bits per heavy atom. The topological polar surface area (TPSA) is 107 Å². The van der Waals surface area contributed by atoms with Gasteiger partial charge >= 0.3 is 5.97 Å². The van der Waals surface area contributed by atoms with E-state index in [0.29, 0.717) is 11.3 Å². The summed E-state index contributed by atoms with van der Waals surface area (Å²) in [5, 5.41) is 23.4. The molecule has 0 amide bonds. The molecule has 3 aromatic rings. The molecule has 19 heavy (non-hydrogen) atoms. The molecule has 0 aliphatic rings. The van der Waals surface area contributed by atoms with E-state index in [-0.39, 0.29) is 11.3 Å². The lowest BCUT2D eigenvalue weighted by Gasteiger charge is -2.02. The molecule has 0 spiro atoms. The molecule has 3 rings (SSSR count). The van der Waals surface area contributed by atoms with Crippen molar-refractivity contribution in [3.05, 3.63) is 42.4 Å². The quantitative estimate of drug-likeness (QED) is 0.746. The van der Waals surface area contributed by atoms with E-state index in [1.165, 1.54) is 17.2 Å². The molecular formula is C11H7N5O3. The van der Waals surface area contributed by atoms with Crippen LogP contribution in [0.4, 0.5) is 0 Å². The van der Waals surface area contributed by atoms with Gasteiger partial charge < -0.3 is 9.63 Å². The minimum absolute atomic E-state index is 0.00821. The third kappa shape index (κ3) is 1.95. The Hall–Kier alpha value is -3.03. The standard InChI is InChI=1S/C11H7N5O3/c17-11(18)9-5-13-19-10(9)7-2-1-3-8(4-7)16-6-12-14-15-16/h1-6H,(H,17,18). The van der Waals surface area contributed by atoms with Crippen molar-refractivity contribution in [2.24, 2.45) is 0 Å². The molecule has 8 heteroatoms. The largest absolute Gasteiger partial charge is 0.477 e. The van der Waals surface area contributed by atoms with Crippen molar-refractivity contribution in [1.82, 2.24) is 25.4 Å². The normalized spacial score (nSPS) is 10.5. The van der Waals surface area contributed by atoms with Crippen LogP contribution in [0, 0.1) is 0 Å². The van der Waals surface area contributed by atoms with Crippen LogP contribution in [-0.2, 0) is 0 Å². The summed E-state index contributed by atoms with van der Waals surface area (Å²) in [6, 6.07) is 6.97. The Morgan fingerprint density at radius 3 is 3.00 bits per heavy atom. The highest BCUT2D eigenvalue weighted by molar-refractivity contribution is 5.94. The van der Waals surface area contributed by atoms with Crippen LogP contribution in [0.2, 0.25) is 0 Å². The van der Waals surface area contributed by atoms with Crippen molar-refractivity contribution >= 4 is 5.97 Å². The monoisotopic (exact) mass is 257 g/mol. The minimum atomic E-state index is -1.09. The Morgan fingerprint density at radius 2 is 2.26 bits per heavy atom. The molecule has 1 N–H and O–H groups in total. The fraction of sp³-hybridized carbons (Fsp3) is 0. The van der Waals surface area contributed by atoms with Crippen molar-refractivity contribution < 1.29 is 14.4 Å². The van der Waals surface area contributed by atoms with Crippen molar-refractivity contribution in [1.29, 1.82) is 0 Å². The summed E-state index contributed by atoms with van der Waals surface area (Å²) in [5.41, 5.74) is 1.28. The van der Waals surface area contributed by atoms with Gasteiger partial charge in [0.05, 0.1) is 11.9 Å². The summed E-state index contributed by atoms with van der Waals surface area (Å²) in [6.07, 6.45) is 2.61. The van der Waals surface area contributed by atoms with Gasteiger partial charge in [-0.25, -0.2) is 9.48 Å². The Labute approximate surface area is 106 Å². The van der Waals surface area contributed by atoms with Gasteiger partial charge in [0.1, 0.15) is 11.9 Å². The van der Waals surface area contributed by atoms with E-state index >= 15 is 0 Å². The molecule has 1 aromatic carbocycles. The maximum Gasteiger partial charge on any atom is 0.341 e. The zero-order chi connectivity index (χ0) is 13.2. The lowest BCUT2D eigenvalue weighted by molar-refractivity contribution is 0.0697. The highest BCUT2D eigenvalue weighted by Gasteiger charge is 2.17. The first-order chi connectivity index (χ1) is 9.25. The second-order valence-corrected chi connectivity index (χ2v) is 3.68. The highest BCUT2D eigenvalue weighted by atomic mass is 16.5. The first kappa shape index (κ1) is 11.1. The van der Waals surface area contributed by atoms with E-state index in [2.05, 4.69) is 20.7 Å². The summed E-state index contributed by atoms with van der Waals surface area (Å²) in [7, 11) is 0. The molecule has 0 aliphatic carbocycles. The van der Waals surface area contributed by atoms with Gasteiger partial charge in [-0.05, 0) is 22.6 Å². The predicted molar refractivity (Wildman–Crippen MR) is 61.6 cm³/mol. The van der Waals surface area contributed by atoms with Crippen LogP contribution in [0.25, 0.3) is 17.0 Å². The summed E-state index contributed by atoms with van der Waals surface area (Å²) in [4.78, 5) is 11.0. The summed E-state index contributed by atoms with van der Waals surface area (Å²) in [6.45, 7) is 0. The van der Waals surface area contributed by atoms with Crippen LogP contribution >= 0.6 is 0 Å². The zero-order valence-corrected chi connectivity index (χ0v) is 9.46. The van der Waals surface area contributed by atoms with Gasteiger partial charge in [-0.1, -0.05) is 17.3 Å². The molecule has 0 fully saturated rings. The van der Waals surface area contributed by atoms with E-state index in [0.717, 1.165) is 0 Å². The smallest absolute Gasteiger partial charge is 0.341 e. The number of rotatable bonds is 3. The van der Waals surface area contributed by atoms with Gasteiger partial charge in [0.25, 0.3) is 0 Å². The number of carbonyl (C=O) groups is 1. The van der Waals surface area contributed by atoms with Gasteiger partial charge in [0.2, 0.25) is 0 Å². The average molecular weight is 257 g/mol. The fourth-order valence-electron chi connectivity index (χ4n) is 1.67. The van der Waals surface area contributed by atoms with E-state index in [1.807, 2.05) is 0 Å². The number of aromatic nitrogens is 5. The molecule has 0 aliphatic heterocycles. The maximum atomic E-state index is 11.0. The Balaban J connectivity index is 2.09. The number of carboxylic acids is 1. The number of tetrazole rings is 1. The lowest BCUT2D eigenvalue weighted by atomic mass is 10.1.